The first-order valence-corrected chi connectivity index (χ1v) is 9.60. The summed E-state index contributed by atoms with van der Waals surface area (Å²) >= 11 is 1.27. The number of piperidine rings is 1. The highest BCUT2D eigenvalue weighted by Gasteiger charge is 2.23. The second-order valence-corrected chi connectivity index (χ2v) is 7.91. The number of fused-ring (bicyclic) bond motifs is 1. The van der Waals surface area contributed by atoms with Gasteiger partial charge in [-0.2, -0.15) is 0 Å². The average molecular weight is 372 g/mol. The molecule has 1 fully saturated rings. The van der Waals surface area contributed by atoms with Crippen molar-refractivity contribution in [2.45, 2.75) is 32.6 Å². The van der Waals surface area contributed by atoms with Crippen molar-refractivity contribution in [2.24, 2.45) is 0 Å². The minimum absolute atomic E-state index is 0.151. The maximum Gasteiger partial charge on any atom is 0.268 e. The lowest BCUT2D eigenvalue weighted by molar-refractivity contribution is 0.102. The zero-order valence-electron chi connectivity index (χ0n) is 14.8. The van der Waals surface area contributed by atoms with Gasteiger partial charge in [0.05, 0.1) is 11.4 Å². The highest BCUT2D eigenvalue weighted by molar-refractivity contribution is 7.14. The largest absolute Gasteiger partial charge is 0.320 e. The number of hydrogen-bond donors (Lipinski definition) is 2. The van der Waals surface area contributed by atoms with Gasteiger partial charge in [0.25, 0.3) is 5.91 Å². The number of anilines is 1. The summed E-state index contributed by atoms with van der Waals surface area (Å²) in [5.41, 5.74) is 3.36. The van der Waals surface area contributed by atoms with E-state index < -0.39 is 11.7 Å². The number of pyridine rings is 1. The van der Waals surface area contributed by atoms with Gasteiger partial charge in [-0.25, -0.2) is 9.37 Å². The molecule has 1 aliphatic heterocycles. The highest BCUT2D eigenvalue weighted by Crippen LogP contribution is 2.33. The molecule has 26 heavy (non-hydrogen) atoms. The number of hydrogen-bond acceptors (Lipinski definition) is 4. The third kappa shape index (κ3) is 3.24. The van der Waals surface area contributed by atoms with Gasteiger partial charge < -0.3 is 15.0 Å². The average Bonchev–Trinajstić information content (AvgIpc) is 3.18. The van der Waals surface area contributed by atoms with E-state index in [4.69, 9.17) is 0 Å². The Labute approximate surface area is 155 Å². The first kappa shape index (κ1) is 17.2. The fourth-order valence-electron chi connectivity index (χ4n) is 3.50. The molecule has 0 aliphatic carbocycles. The number of nitrogens with one attached hydrogen (secondary N) is 2. The van der Waals surface area contributed by atoms with Gasteiger partial charge in [-0.3, -0.25) is 4.79 Å². The predicted molar refractivity (Wildman–Crippen MR) is 102 cm³/mol. The number of carbonyl (C=O) groups excluding carboxylic acids is 1. The molecule has 5 nitrogen and oxygen atoms in total. The summed E-state index contributed by atoms with van der Waals surface area (Å²) in [7, 11) is 0. The van der Waals surface area contributed by atoms with E-state index in [1.165, 1.54) is 17.4 Å². The number of amides is 1. The molecule has 2 N–H and O–H groups in total. The fourth-order valence-corrected chi connectivity index (χ4v) is 4.60. The lowest BCUT2D eigenvalue weighted by Crippen LogP contribution is -2.26. The van der Waals surface area contributed by atoms with Crippen molar-refractivity contribution in [2.75, 3.05) is 18.4 Å². The van der Waals surface area contributed by atoms with Crippen molar-refractivity contribution < 1.29 is 9.18 Å². The second kappa shape index (κ2) is 6.81. The Morgan fingerprint density at radius 3 is 2.85 bits per heavy atom. The minimum atomic E-state index is -0.433. The Hall–Kier alpha value is -2.25. The van der Waals surface area contributed by atoms with Crippen molar-refractivity contribution in [1.29, 1.82) is 0 Å². The predicted octanol–water partition coefficient (Wildman–Crippen LogP) is 3.87. The molecule has 0 unspecified atom stereocenters. The fraction of sp³-hybridized carbons (Fsp3) is 0.368. The number of imidazole rings is 1. The third-order valence-corrected chi connectivity index (χ3v) is 6.04. The summed E-state index contributed by atoms with van der Waals surface area (Å²) < 4.78 is 16.3. The second-order valence-electron chi connectivity index (χ2n) is 6.83. The van der Waals surface area contributed by atoms with Gasteiger partial charge in [0.2, 0.25) is 0 Å². The topological polar surface area (TPSA) is 58.4 Å². The minimum Gasteiger partial charge on any atom is -0.320 e. The van der Waals surface area contributed by atoms with Gasteiger partial charge in [-0.05, 0) is 63.4 Å². The van der Waals surface area contributed by atoms with Crippen LogP contribution in [0.5, 0.6) is 0 Å². The lowest BCUT2D eigenvalue weighted by Gasteiger charge is -2.21. The Kier molecular flexibility index (Phi) is 4.50. The van der Waals surface area contributed by atoms with Gasteiger partial charge >= 0.3 is 0 Å². The van der Waals surface area contributed by atoms with E-state index in [1.54, 1.807) is 6.20 Å². The first-order chi connectivity index (χ1) is 12.5. The SMILES string of the molecule is Cc1cn2cc(NC(=O)c3sc(C4CCNCC4)cc3F)cc(C)c2n1. The molecular weight excluding hydrogens is 351 g/mol. The Morgan fingerprint density at radius 1 is 1.31 bits per heavy atom. The Balaban J connectivity index is 1.57. The number of carbonyl (C=O) groups is 1. The Morgan fingerprint density at radius 2 is 2.08 bits per heavy atom. The molecule has 1 aliphatic rings. The van der Waals surface area contributed by atoms with Crippen LogP contribution in [0.15, 0.2) is 24.5 Å². The zero-order chi connectivity index (χ0) is 18.3. The molecule has 136 valence electrons. The van der Waals surface area contributed by atoms with Crippen LogP contribution in [-0.4, -0.2) is 28.4 Å². The number of rotatable bonds is 3. The van der Waals surface area contributed by atoms with Gasteiger partial charge in [0.1, 0.15) is 16.3 Å². The summed E-state index contributed by atoms with van der Waals surface area (Å²) in [6.07, 6.45) is 5.67. The smallest absolute Gasteiger partial charge is 0.268 e. The summed E-state index contributed by atoms with van der Waals surface area (Å²) in [5, 5.41) is 6.14. The first-order valence-electron chi connectivity index (χ1n) is 8.78. The van der Waals surface area contributed by atoms with E-state index in [0.29, 0.717) is 11.6 Å². The van der Waals surface area contributed by atoms with Gasteiger partial charge in [0.15, 0.2) is 0 Å². The Bertz CT molecular complexity index is 971. The van der Waals surface area contributed by atoms with E-state index in [1.807, 2.05) is 30.5 Å². The van der Waals surface area contributed by atoms with Crippen LogP contribution >= 0.6 is 11.3 Å². The van der Waals surface area contributed by atoms with Crippen LogP contribution in [0.2, 0.25) is 0 Å². The maximum atomic E-state index is 14.4. The maximum absolute atomic E-state index is 14.4. The standard InChI is InChI=1S/C19H21FN4OS/c1-11-7-14(10-24-9-12(2)22-18(11)24)23-19(25)17-15(20)8-16(26-17)13-3-5-21-6-4-13/h7-10,13,21H,3-6H2,1-2H3,(H,23,25). The number of aryl methyl sites for hydroxylation is 2. The highest BCUT2D eigenvalue weighted by atomic mass is 32.1. The van der Waals surface area contributed by atoms with Gasteiger partial charge in [-0.15, -0.1) is 11.3 Å². The van der Waals surface area contributed by atoms with Crippen LogP contribution in [-0.2, 0) is 0 Å². The lowest BCUT2D eigenvalue weighted by atomic mass is 9.96. The zero-order valence-corrected chi connectivity index (χ0v) is 15.6. The van der Waals surface area contributed by atoms with Crippen LogP contribution in [0.25, 0.3) is 5.65 Å². The van der Waals surface area contributed by atoms with Crippen molar-refractivity contribution in [3.8, 4) is 0 Å². The van der Waals surface area contributed by atoms with Crippen molar-refractivity contribution in [3.63, 3.8) is 0 Å². The van der Waals surface area contributed by atoms with E-state index in [9.17, 15) is 9.18 Å². The quantitative estimate of drug-likeness (QED) is 0.734. The molecular formula is C19H21FN4OS. The molecule has 0 bridgehead atoms. The van der Waals surface area contributed by atoms with Crippen LogP contribution in [0.1, 0.15) is 44.6 Å². The molecule has 3 aromatic rings. The molecule has 7 heteroatoms. The molecule has 0 aromatic carbocycles. The summed E-state index contributed by atoms with van der Waals surface area (Å²) in [6, 6.07) is 3.39. The van der Waals surface area contributed by atoms with Gasteiger partial charge in [0, 0.05) is 17.3 Å². The number of halogens is 1. The normalized spacial score (nSPS) is 15.5. The summed E-state index contributed by atoms with van der Waals surface area (Å²) in [5.74, 6) is -0.495. The monoisotopic (exact) mass is 372 g/mol. The summed E-state index contributed by atoms with van der Waals surface area (Å²) in [6.45, 7) is 5.75. The van der Waals surface area contributed by atoms with E-state index in [2.05, 4.69) is 15.6 Å². The van der Waals surface area contributed by atoms with Crippen molar-refractivity contribution >= 4 is 28.6 Å². The van der Waals surface area contributed by atoms with Crippen molar-refractivity contribution in [1.82, 2.24) is 14.7 Å². The molecule has 4 heterocycles. The third-order valence-electron chi connectivity index (χ3n) is 4.77. The van der Waals surface area contributed by atoms with E-state index in [0.717, 1.165) is 47.7 Å². The van der Waals surface area contributed by atoms with Crippen LogP contribution < -0.4 is 10.6 Å². The van der Waals surface area contributed by atoms with Crippen molar-refractivity contribution in [3.05, 3.63) is 51.4 Å². The van der Waals surface area contributed by atoms with Gasteiger partial charge in [-0.1, -0.05) is 0 Å². The molecule has 0 saturated carbocycles. The molecule has 4 rings (SSSR count). The summed E-state index contributed by atoms with van der Waals surface area (Å²) in [4.78, 5) is 18.2. The van der Waals surface area contributed by atoms with E-state index >= 15 is 0 Å². The number of nitrogens with zero attached hydrogens (tertiary/aromatic N) is 2. The number of thiophene rings is 1. The molecule has 0 atom stereocenters. The van der Waals surface area contributed by atoms with Crippen LogP contribution in [0, 0.1) is 19.7 Å². The molecule has 1 amide bonds. The number of aromatic nitrogens is 2. The van der Waals surface area contributed by atoms with Crippen LogP contribution in [0.4, 0.5) is 10.1 Å². The molecule has 0 radical (unpaired) electrons. The van der Waals surface area contributed by atoms with E-state index in [-0.39, 0.29) is 4.88 Å². The van der Waals surface area contributed by atoms with Crippen LogP contribution in [0.3, 0.4) is 0 Å². The molecule has 1 saturated heterocycles. The molecule has 3 aromatic heterocycles. The molecule has 0 spiro atoms.